The molecule has 0 aromatic carbocycles. The molecule has 0 bridgehead atoms. The van der Waals surface area contributed by atoms with Crippen molar-refractivity contribution in [3.05, 3.63) is 0 Å². The smallest absolute Gasteiger partial charge is 0.481 e. The van der Waals surface area contributed by atoms with E-state index in [1.807, 2.05) is 0 Å². The summed E-state index contributed by atoms with van der Waals surface area (Å²) in [4.78, 5) is 0. The molecule has 0 N–H and O–H groups in total. The molecule has 0 spiro atoms. The van der Waals surface area contributed by atoms with Gasteiger partial charge in [0, 0.05) is 14.2 Å². The fourth-order valence-electron chi connectivity index (χ4n) is 0.957. The van der Waals surface area contributed by atoms with Crippen molar-refractivity contribution in [1.29, 1.82) is 0 Å². The topological polar surface area (TPSA) is 18.5 Å². The molecular weight excluding hydrogens is 155 g/mol. The highest BCUT2D eigenvalue weighted by molar-refractivity contribution is 6.44. The van der Waals surface area contributed by atoms with Gasteiger partial charge in [-0.15, -0.1) is 0 Å². The van der Waals surface area contributed by atoms with E-state index in [2.05, 4.69) is 13.8 Å². The Kier molecular flexibility index (Phi) is 7.41. The minimum absolute atomic E-state index is 0.815. The third-order valence-electron chi connectivity index (χ3n) is 2.12. The van der Waals surface area contributed by atoms with Crippen LogP contribution in [0.4, 0.5) is 0 Å². The normalized spacial score (nSPS) is 13.1. The van der Waals surface area contributed by atoms with Crippen molar-refractivity contribution in [3.8, 4) is 0 Å². The SMILES string of the molecule is CCC(C)C[CH2][Al]([O]C)[O]C. The first-order chi connectivity index (χ1) is 5.24. The lowest BCUT2D eigenvalue weighted by atomic mass is 10.1. The molecule has 0 aromatic rings. The van der Waals surface area contributed by atoms with E-state index in [0.29, 0.717) is 0 Å². The summed E-state index contributed by atoms with van der Waals surface area (Å²) in [5, 5.41) is 1.14. The average Bonchev–Trinajstić information content (AvgIpc) is 2.06. The zero-order valence-corrected chi connectivity index (χ0v) is 9.25. The monoisotopic (exact) mass is 174 g/mol. The van der Waals surface area contributed by atoms with Gasteiger partial charge in [-0.3, -0.25) is 0 Å². The first-order valence-corrected chi connectivity index (χ1v) is 6.06. The van der Waals surface area contributed by atoms with Crippen LogP contribution in [0.2, 0.25) is 5.28 Å². The molecule has 0 aliphatic heterocycles. The molecule has 11 heavy (non-hydrogen) atoms. The van der Waals surface area contributed by atoms with Gasteiger partial charge in [-0.1, -0.05) is 26.7 Å². The predicted octanol–water partition coefficient (Wildman–Crippen LogP) is 2.20. The summed E-state index contributed by atoms with van der Waals surface area (Å²) in [6.07, 6.45) is 2.50. The molecule has 0 aromatic heterocycles. The molecule has 0 aliphatic carbocycles. The van der Waals surface area contributed by atoms with Crippen LogP contribution in [0.3, 0.4) is 0 Å². The minimum atomic E-state index is -1.26. The fraction of sp³-hybridized carbons (Fsp3) is 1.00. The Bertz CT molecular complexity index is 84.2. The number of hydrogen-bond donors (Lipinski definition) is 0. The van der Waals surface area contributed by atoms with Crippen molar-refractivity contribution in [2.24, 2.45) is 5.92 Å². The quantitative estimate of drug-likeness (QED) is 0.575. The second-order valence-corrected chi connectivity index (χ2v) is 5.37. The molecule has 0 rings (SSSR count). The van der Waals surface area contributed by atoms with E-state index in [-0.39, 0.29) is 0 Å². The first kappa shape index (κ1) is 11.5. The van der Waals surface area contributed by atoms with Crippen LogP contribution in [0.1, 0.15) is 26.7 Å². The van der Waals surface area contributed by atoms with Crippen LogP contribution in [0.25, 0.3) is 0 Å². The van der Waals surface area contributed by atoms with E-state index in [1.165, 1.54) is 12.8 Å². The summed E-state index contributed by atoms with van der Waals surface area (Å²) in [6, 6.07) is 0. The zero-order chi connectivity index (χ0) is 8.69. The number of hydrogen-bond acceptors (Lipinski definition) is 2. The third-order valence-corrected chi connectivity index (χ3v) is 3.97. The molecule has 0 radical (unpaired) electrons. The molecule has 2 nitrogen and oxygen atoms in total. The van der Waals surface area contributed by atoms with Crippen LogP contribution in [-0.4, -0.2) is 29.0 Å². The van der Waals surface area contributed by atoms with Gasteiger partial charge in [0.2, 0.25) is 0 Å². The Hall–Kier alpha value is 0.452. The van der Waals surface area contributed by atoms with E-state index in [4.69, 9.17) is 7.58 Å². The average molecular weight is 174 g/mol. The van der Waals surface area contributed by atoms with E-state index in [0.717, 1.165) is 11.2 Å². The largest absolute Gasteiger partial charge is 0.674 e. The predicted molar refractivity (Wildman–Crippen MR) is 48.7 cm³/mol. The Morgan fingerprint density at radius 2 is 1.82 bits per heavy atom. The van der Waals surface area contributed by atoms with Crippen LogP contribution in [0, 0.1) is 5.92 Å². The lowest BCUT2D eigenvalue weighted by molar-refractivity contribution is 0.273. The Labute approximate surface area is 74.9 Å². The summed E-state index contributed by atoms with van der Waals surface area (Å²) >= 11 is -1.26. The van der Waals surface area contributed by atoms with Gasteiger partial charge in [-0.2, -0.15) is 0 Å². The molecule has 0 aliphatic rings. The van der Waals surface area contributed by atoms with Crippen molar-refractivity contribution >= 4 is 14.8 Å². The van der Waals surface area contributed by atoms with Crippen LogP contribution >= 0.6 is 0 Å². The van der Waals surface area contributed by atoms with Crippen molar-refractivity contribution in [3.63, 3.8) is 0 Å². The van der Waals surface area contributed by atoms with Crippen molar-refractivity contribution in [2.45, 2.75) is 32.0 Å². The van der Waals surface area contributed by atoms with Crippen LogP contribution < -0.4 is 0 Å². The fourth-order valence-corrected chi connectivity index (χ4v) is 2.46. The Morgan fingerprint density at radius 3 is 2.18 bits per heavy atom. The molecule has 0 heterocycles. The molecule has 1 atom stereocenters. The van der Waals surface area contributed by atoms with E-state index in [9.17, 15) is 0 Å². The maximum atomic E-state index is 5.21. The van der Waals surface area contributed by atoms with Gasteiger partial charge in [-0.05, 0) is 11.2 Å². The highest BCUT2D eigenvalue weighted by Crippen LogP contribution is 2.11. The Morgan fingerprint density at radius 1 is 1.27 bits per heavy atom. The van der Waals surface area contributed by atoms with Crippen LogP contribution in [0.15, 0.2) is 0 Å². The highest BCUT2D eigenvalue weighted by atomic mass is 27.2. The Balaban J connectivity index is 3.34. The van der Waals surface area contributed by atoms with Crippen LogP contribution in [0.5, 0.6) is 0 Å². The molecule has 3 heteroatoms. The van der Waals surface area contributed by atoms with Gasteiger partial charge >= 0.3 is 14.8 Å². The maximum absolute atomic E-state index is 5.21. The summed E-state index contributed by atoms with van der Waals surface area (Å²) in [6.45, 7) is 4.50. The first-order valence-electron chi connectivity index (χ1n) is 4.30. The van der Waals surface area contributed by atoms with Gasteiger partial charge in [0.15, 0.2) is 0 Å². The summed E-state index contributed by atoms with van der Waals surface area (Å²) in [7, 11) is 3.49. The molecule has 66 valence electrons. The van der Waals surface area contributed by atoms with E-state index >= 15 is 0 Å². The van der Waals surface area contributed by atoms with Crippen LogP contribution in [-0.2, 0) is 7.58 Å². The third kappa shape index (κ3) is 5.69. The highest BCUT2D eigenvalue weighted by Gasteiger charge is 2.21. The van der Waals surface area contributed by atoms with Gasteiger partial charge in [0.1, 0.15) is 0 Å². The lowest BCUT2D eigenvalue weighted by Gasteiger charge is -2.09. The summed E-state index contributed by atoms with van der Waals surface area (Å²) < 4.78 is 10.4. The van der Waals surface area contributed by atoms with Gasteiger partial charge < -0.3 is 7.58 Å². The second kappa shape index (κ2) is 7.12. The molecule has 1 unspecified atom stereocenters. The molecule has 0 amide bonds. The lowest BCUT2D eigenvalue weighted by Crippen LogP contribution is -2.19. The second-order valence-electron chi connectivity index (χ2n) is 2.99. The van der Waals surface area contributed by atoms with Crippen molar-refractivity contribution in [2.75, 3.05) is 14.2 Å². The standard InChI is InChI=1S/C6H13.2CH3O.Al/c1-4-6(3)5-2;2*1-2;/h6H,1,4-5H2,2-3H3;2*1H3;/q;2*-1;+2. The van der Waals surface area contributed by atoms with Gasteiger partial charge in [0.25, 0.3) is 0 Å². The molecule has 0 fully saturated rings. The molecule has 0 saturated heterocycles. The van der Waals surface area contributed by atoms with Crippen molar-refractivity contribution in [1.82, 2.24) is 0 Å². The molecular formula is C8H19AlO2. The van der Waals surface area contributed by atoms with E-state index in [1.54, 1.807) is 14.2 Å². The van der Waals surface area contributed by atoms with Gasteiger partial charge in [-0.25, -0.2) is 0 Å². The maximum Gasteiger partial charge on any atom is 0.674 e. The number of rotatable bonds is 6. The molecule has 0 saturated carbocycles. The summed E-state index contributed by atoms with van der Waals surface area (Å²) in [5.74, 6) is 0.815. The summed E-state index contributed by atoms with van der Waals surface area (Å²) in [5.41, 5.74) is 0. The zero-order valence-electron chi connectivity index (χ0n) is 8.09. The minimum Gasteiger partial charge on any atom is -0.481 e. The van der Waals surface area contributed by atoms with Crippen molar-refractivity contribution < 1.29 is 7.58 Å². The van der Waals surface area contributed by atoms with E-state index < -0.39 is 14.8 Å². The van der Waals surface area contributed by atoms with Gasteiger partial charge in [0.05, 0.1) is 0 Å².